The van der Waals surface area contributed by atoms with E-state index in [1.807, 2.05) is 0 Å². The largest absolute Gasteiger partial charge is 0.436 e. The first-order valence-corrected chi connectivity index (χ1v) is 5.39. The Morgan fingerprint density at radius 2 is 2.11 bits per heavy atom. The second kappa shape index (κ2) is 5.05. The molecule has 0 aliphatic heterocycles. The molecule has 0 aliphatic carbocycles. The van der Waals surface area contributed by atoms with Crippen LogP contribution in [0.4, 0.5) is 18.0 Å². The summed E-state index contributed by atoms with van der Waals surface area (Å²) in [6, 6.07) is -1.18. The Morgan fingerprint density at radius 1 is 1.56 bits per heavy atom. The van der Waals surface area contributed by atoms with E-state index < -0.39 is 22.9 Å². The van der Waals surface area contributed by atoms with Gasteiger partial charge in [-0.15, -0.1) is 0 Å². The summed E-state index contributed by atoms with van der Waals surface area (Å²) in [5.41, 5.74) is 3.76. The molecule has 0 radical (unpaired) electrons. The Balaban J connectivity index is 3.21. The van der Waals surface area contributed by atoms with E-state index in [0.29, 0.717) is 0 Å². The third-order valence-corrected chi connectivity index (χ3v) is 2.53. The molecular formula is C9H12ClF3N4O. The lowest BCUT2D eigenvalue weighted by Gasteiger charge is -2.11. The van der Waals surface area contributed by atoms with Crippen molar-refractivity contribution in [2.45, 2.75) is 32.6 Å². The van der Waals surface area contributed by atoms with Crippen molar-refractivity contribution in [3.63, 3.8) is 0 Å². The van der Waals surface area contributed by atoms with Crippen LogP contribution in [0.25, 0.3) is 0 Å². The van der Waals surface area contributed by atoms with Gasteiger partial charge in [0.1, 0.15) is 0 Å². The fourth-order valence-corrected chi connectivity index (χ4v) is 1.69. The van der Waals surface area contributed by atoms with Gasteiger partial charge < -0.3 is 11.1 Å². The summed E-state index contributed by atoms with van der Waals surface area (Å²) in [5, 5.41) is 5.09. The summed E-state index contributed by atoms with van der Waals surface area (Å²) in [5.74, 6) is 0. The van der Waals surface area contributed by atoms with Gasteiger partial charge in [0.15, 0.2) is 5.69 Å². The third-order valence-electron chi connectivity index (χ3n) is 2.13. The quantitative estimate of drug-likeness (QED) is 0.894. The van der Waals surface area contributed by atoms with Crippen molar-refractivity contribution in [1.29, 1.82) is 0 Å². The van der Waals surface area contributed by atoms with Crippen LogP contribution in [0, 0.1) is 0 Å². The van der Waals surface area contributed by atoms with Crippen molar-refractivity contribution in [2.24, 2.45) is 5.73 Å². The number of aromatic nitrogens is 2. The monoisotopic (exact) mass is 284 g/mol. The van der Waals surface area contributed by atoms with E-state index in [4.69, 9.17) is 17.3 Å². The molecule has 0 saturated heterocycles. The van der Waals surface area contributed by atoms with Crippen LogP contribution >= 0.6 is 11.6 Å². The zero-order valence-corrected chi connectivity index (χ0v) is 10.4. The maximum absolute atomic E-state index is 12.6. The van der Waals surface area contributed by atoms with Gasteiger partial charge in [-0.05, 0) is 13.8 Å². The zero-order chi connectivity index (χ0) is 14.1. The van der Waals surface area contributed by atoms with Crippen molar-refractivity contribution in [2.75, 3.05) is 0 Å². The number of carbonyl (C=O) groups is 1. The lowest BCUT2D eigenvalue weighted by Crippen LogP contribution is -2.30. The van der Waals surface area contributed by atoms with Gasteiger partial charge in [-0.1, -0.05) is 11.6 Å². The number of urea groups is 1. The predicted molar refractivity (Wildman–Crippen MR) is 59.0 cm³/mol. The molecule has 0 fully saturated rings. The number of amides is 2. The number of primary amides is 1. The zero-order valence-electron chi connectivity index (χ0n) is 9.68. The minimum Gasteiger partial charge on any atom is -0.352 e. The molecular weight excluding hydrogens is 273 g/mol. The molecule has 102 valence electrons. The molecule has 0 atom stereocenters. The number of nitrogens with zero attached hydrogens (tertiary/aromatic N) is 2. The Hall–Kier alpha value is -1.44. The highest BCUT2D eigenvalue weighted by atomic mass is 35.5. The molecule has 3 N–H and O–H groups in total. The van der Waals surface area contributed by atoms with Gasteiger partial charge in [0.25, 0.3) is 0 Å². The summed E-state index contributed by atoms with van der Waals surface area (Å²) in [4.78, 5) is 10.6. The lowest BCUT2D eigenvalue weighted by molar-refractivity contribution is -0.141. The number of nitrogens with one attached hydrogen (secondary N) is 1. The number of carbonyl (C=O) groups excluding carboxylic acids is 1. The van der Waals surface area contributed by atoms with E-state index in [-0.39, 0.29) is 18.3 Å². The van der Waals surface area contributed by atoms with Crippen LogP contribution in [0.15, 0.2) is 0 Å². The maximum Gasteiger partial charge on any atom is 0.436 e. The molecule has 0 spiro atoms. The van der Waals surface area contributed by atoms with Crippen LogP contribution in [-0.4, -0.2) is 15.8 Å². The van der Waals surface area contributed by atoms with Crippen LogP contribution in [0.1, 0.15) is 31.3 Å². The topological polar surface area (TPSA) is 72.9 Å². The number of rotatable bonds is 3. The van der Waals surface area contributed by atoms with Crippen molar-refractivity contribution in [1.82, 2.24) is 15.1 Å². The van der Waals surface area contributed by atoms with E-state index in [9.17, 15) is 18.0 Å². The summed E-state index contributed by atoms with van der Waals surface area (Å²) >= 11 is 5.65. The first-order valence-electron chi connectivity index (χ1n) is 5.02. The molecule has 0 aromatic carbocycles. The van der Waals surface area contributed by atoms with Crippen molar-refractivity contribution >= 4 is 17.6 Å². The number of halogens is 4. The smallest absolute Gasteiger partial charge is 0.352 e. The van der Waals surface area contributed by atoms with Gasteiger partial charge in [0.05, 0.1) is 17.3 Å². The molecule has 1 aromatic rings. The fraction of sp³-hybridized carbons (Fsp3) is 0.556. The molecule has 1 rings (SSSR count). The third kappa shape index (κ3) is 3.06. The van der Waals surface area contributed by atoms with Gasteiger partial charge in [-0.3, -0.25) is 4.68 Å². The lowest BCUT2D eigenvalue weighted by atomic mass is 10.3. The molecule has 2 amide bonds. The Bertz CT molecular complexity index is 455. The minimum atomic E-state index is -4.64. The Kier molecular flexibility index (Phi) is 4.10. The molecule has 0 bridgehead atoms. The highest BCUT2D eigenvalue weighted by molar-refractivity contribution is 6.32. The van der Waals surface area contributed by atoms with Gasteiger partial charge in [0.2, 0.25) is 0 Å². The first kappa shape index (κ1) is 14.6. The van der Waals surface area contributed by atoms with E-state index in [1.54, 1.807) is 13.8 Å². The molecule has 9 heteroatoms. The predicted octanol–water partition coefficient (Wildman–Crippen LogP) is 2.30. The molecule has 1 heterocycles. The van der Waals surface area contributed by atoms with Gasteiger partial charge >= 0.3 is 12.2 Å². The summed E-state index contributed by atoms with van der Waals surface area (Å²) in [6.07, 6.45) is -4.64. The number of hydrogen-bond acceptors (Lipinski definition) is 2. The highest BCUT2D eigenvalue weighted by Crippen LogP contribution is 2.36. The van der Waals surface area contributed by atoms with E-state index in [0.717, 1.165) is 4.68 Å². The highest BCUT2D eigenvalue weighted by Gasteiger charge is 2.39. The second-order valence-corrected chi connectivity index (χ2v) is 4.24. The molecule has 18 heavy (non-hydrogen) atoms. The molecule has 0 saturated carbocycles. The second-order valence-electron chi connectivity index (χ2n) is 3.86. The minimum absolute atomic E-state index is 0.0674. The summed E-state index contributed by atoms with van der Waals surface area (Å²) < 4.78 is 39.0. The van der Waals surface area contributed by atoms with Crippen molar-refractivity contribution in [3.05, 3.63) is 16.4 Å². The van der Waals surface area contributed by atoms with Crippen LogP contribution in [0.3, 0.4) is 0 Å². The van der Waals surface area contributed by atoms with E-state index in [1.165, 1.54) is 0 Å². The van der Waals surface area contributed by atoms with Crippen LogP contribution in [0.2, 0.25) is 5.02 Å². The Labute approximate surface area is 106 Å². The maximum atomic E-state index is 12.6. The molecule has 1 aromatic heterocycles. The Morgan fingerprint density at radius 3 is 2.50 bits per heavy atom. The number of alkyl halides is 3. The van der Waals surface area contributed by atoms with Gasteiger partial charge in [0, 0.05) is 6.04 Å². The fourth-order valence-electron chi connectivity index (χ4n) is 1.39. The summed E-state index contributed by atoms with van der Waals surface area (Å²) in [7, 11) is 0. The van der Waals surface area contributed by atoms with Crippen LogP contribution in [-0.2, 0) is 12.7 Å². The van der Waals surface area contributed by atoms with Crippen LogP contribution < -0.4 is 11.1 Å². The van der Waals surface area contributed by atoms with E-state index >= 15 is 0 Å². The summed E-state index contributed by atoms with van der Waals surface area (Å²) in [6.45, 7) is 3.09. The number of hydrogen-bond donors (Lipinski definition) is 2. The number of nitrogens with two attached hydrogens (primary N) is 1. The molecule has 5 nitrogen and oxygen atoms in total. The average Bonchev–Trinajstić information content (AvgIpc) is 2.52. The average molecular weight is 285 g/mol. The molecule has 0 unspecified atom stereocenters. The first-order chi connectivity index (χ1) is 8.14. The normalized spacial score (nSPS) is 11.9. The van der Waals surface area contributed by atoms with E-state index in [2.05, 4.69) is 10.4 Å². The standard InChI is InChI=1S/C9H12ClF3N4O/c1-4(2)17-5(3-15-8(14)18)6(10)7(16-17)9(11,12)13/h4H,3H2,1-2H3,(H3,14,15,18). The van der Waals surface area contributed by atoms with Crippen LogP contribution in [0.5, 0.6) is 0 Å². The van der Waals surface area contributed by atoms with Gasteiger partial charge in [-0.25, -0.2) is 4.79 Å². The van der Waals surface area contributed by atoms with Crippen molar-refractivity contribution < 1.29 is 18.0 Å². The SMILES string of the molecule is CC(C)n1nc(C(F)(F)F)c(Cl)c1CNC(N)=O. The van der Waals surface area contributed by atoms with Crippen molar-refractivity contribution in [3.8, 4) is 0 Å². The van der Waals surface area contributed by atoms with Gasteiger partial charge in [-0.2, -0.15) is 18.3 Å². The molecule has 0 aliphatic rings.